The summed E-state index contributed by atoms with van der Waals surface area (Å²) in [5.41, 5.74) is -3.32. The van der Waals surface area contributed by atoms with Crippen LogP contribution in [0.5, 0.6) is 0 Å². The normalized spacial score (nSPS) is 46.5. The van der Waals surface area contributed by atoms with Gasteiger partial charge < -0.3 is 14.9 Å². The summed E-state index contributed by atoms with van der Waals surface area (Å²) in [6.07, 6.45) is 2.98. The molecule has 0 spiro atoms. The maximum Gasteiger partial charge on any atom is 0.306 e. The van der Waals surface area contributed by atoms with Crippen molar-refractivity contribution in [1.29, 1.82) is 0 Å². The Morgan fingerprint density at radius 3 is 2.58 bits per heavy atom. The van der Waals surface area contributed by atoms with Gasteiger partial charge in [-0.15, -0.1) is 11.6 Å². The molecule has 0 aliphatic heterocycles. The van der Waals surface area contributed by atoms with Gasteiger partial charge >= 0.3 is 5.97 Å². The number of fused-ring (bicyclic) bond motifs is 5. The lowest BCUT2D eigenvalue weighted by atomic mass is 9.45. The zero-order valence-electron chi connectivity index (χ0n) is 19.5. The second kappa shape index (κ2) is 7.72. The second-order valence-corrected chi connectivity index (χ2v) is 11.3. The number of aliphatic hydroxyl groups is 2. The summed E-state index contributed by atoms with van der Waals surface area (Å²) in [6, 6.07) is 0. The molecule has 4 aliphatic carbocycles. The first-order chi connectivity index (χ1) is 15.3. The molecule has 0 aromatic heterocycles. The molecule has 6 nitrogen and oxygen atoms in total. The SMILES string of the molecule is CCC(=O)O[C@@]1(C(=O)CO)[C@@H](C)C[C@H]2[C@@H]3CCC4=C(F)C(=O)C=C[C@]4(C)[C@@]3(Cl)[C@@H](O)C[C@@]21C. The summed E-state index contributed by atoms with van der Waals surface area (Å²) in [6.45, 7) is 6.29. The Morgan fingerprint density at radius 1 is 1.30 bits per heavy atom. The van der Waals surface area contributed by atoms with Gasteiger partial charge in [0.25, 0.3) is 0 Å². The molecule has 0 aromatic carbocycles. The predicted octanol–water partition coefficient (Wildman–Crippen LogP) is 3.42. The number of carbonyl (C=O) groups is 3. The Balaban J connectivity index is 1.87. The van der Waals surface area contributed by atoms with Crippen molar-refractivity contribution >= 4 is 29.1 Å². The highest BCUT2D eigenvalue weighted by Gasteiger charge is 2.76. The highest BCUT2D eigenvalue weighted by Crippen LogP contribution is 2.72. The van der Waals surface area contributed by atoms with E-state index in [1.165, 1.54) is 6.08 Å². The van der Waals surface area contributed by atoms with Crippen LogP contribution in [0.3, 0.4) is 0 Å². The lowest BCUT2D eigenvalue weighted by Gasteiger charge is -2.64. The number of halogens is 2. The van der Waals surface area contributed by atoms with E-state index in [4.69, 9.17) is 16.3 Å². The minimum Gasteiger partial charge on any atom is -0.450 e. The van der Waals surface area contributed by atoms with E-state index in [0.29, 0.717) is 24.8 Å². The van der Waals surface area contributed by atoms with Crippen molar-refractivity contribution in [3.63, 3.8) is 0 Å². The average Bonchev–Trinajstić information content (AvgIpc) is 2.99. The molecular formula is C25H32ClFO6. The van der Waals surface area contributed by atoms with E-state index >= 15 is 0 Å². The van der Waals surface area contributed by atoms with E-state index < -0.39 is 63.3 Å². The zero-order chi connectivity index (χ0) is 24.6. The van der Waals surface area contributed by atoms with Gasteiger partial charge in [-0.25, -0.2) is 4.39 Å². The van der Waals surface area contributed by atoms with Crippen molar-refractivity contribution in [1.82, 2.24) is 0 Å². The zero-order valence-corrected chi connectivity index (χ0v) is 20.2. The van der Waals surface area contributed by atoms with Crippen molar-refractivity contribution in [2.45, 2.75) is 76.4 Å². The number of Topliss-reactive ketones (excluding diaryl/α,β-unsaturated/α-hetero) is 1. The predicted molar refractivity (Wildman–Crippen MR) is 119 cm³/mol. The molecule has 182 valence electrons. The van der Waals surface area contributed by atoms with Crippen LogP contribution < -0.4 is 0 Å². The summed E-state index contributed by atoms with van der Waals surface area (Å²) in [5.74, 6) is -3.57. The number of ketones is 2. The molecule has 0 heterocycles. The Morgan fingerprint density at radius 2 is 1.97 bits per heavy atom. The molecule has 4 aliphatic rings. The number of alkyl halides is 1. The Hall–Kier alpha value is -1.57. The summed E-state index contributed by atoms with van der Waals surface area (Å²) >= 11 is 7.32. The van der Waals surface area contributed by atoms with E-state index in [9.17, 15) is 29.0 Å². The lowest BCUT2D eigenvalue weighted by Crippen LogP contribution is -2.69. The van der Waals surface area contributed by atoms with Crippen LogP contribution in [0.4, 0.5) is 4.39 Å². The second-order valence-electron chi connectivity index (χ2n) is 10.6. The number of ether oxygens (including phenoxy) is 1. The number of carbonyl (C=O) groups excluding carboxylic acids is 3. The Labute approximate surface area is 198 Å². The van der Waals surface area contributed by atoms with Gasteiger partial charge in [0.05, 0.1) is 11.0 Å². The highest BCUT2D eigenvalue weighted by atomic mass is 35.5. The maximum atomic E-state index is 14.9. The van der Waals surface area contributed by atoms with Crippen molar-refractivity contribution in [3.8, 4) is 0 Å². The molecule has 0 saturated heterocycles. The summed E-state index contributed by atoms with van der Waals surface area (Å²) in [5, 5.41) is 21.4. The molecule has 8 atom stereocenters. The molecule has 0 aromatic rings. The first-order valence-corrected chi connectivity index (χ1v) is 12.1. The van der Waals surface area contributed by atoms with Crippen LogP contribution in [0.25, 0.3) is 0 Å². The third-order valence-corrected chi connectivity index (χ3v) is 10.3. The standard InChI is InChI=1S/C25H32ClFO6/c1-5-20(32)33-25(19(31)12-28)13(2)10-16-14-6-7-15-21(27)17(29)8-9-22(15,3)24(14,26)18(30)11-23(16,25)4/h8-9,13-14,16,18,28,30H,5-7,10-12H2,1-4H3/t13-,14-,16-,18-,22-,23-,24-,25+/m0/s1. The Bertz CT molecular complexity index is 976. The van der Waals surface area contributed by atoms with Gasteiger partial charge in [-0.2, -0.15) is 0 Å². The van der Waals surface area contributed by atoms with E-state index in [1.54, 1.807) is 19.9 Å². The number of hydrogen-bond acceptors (Lipinski definition) is 6. The third kappa shape index (κ3) is 2.82. The lowest BCUT2D eigenvalue weighted by molar-refractivity contribution is -0.202. The number of hydrogen-bond donors (Lipinski definition) is 2. The van der Waals surface area contributed by atoms with Crippen LogP contribution in [0, 0.1) is 28.6 Å². The van der Waals surface area contributed by atoms with Crippen LogP contribution in [0.15, 0.2) is 23.6 Å². The first kappa shape index (κ1) is 24.6. The van der Waals surface area contributed by atoms with Gasteiger partial charge in [0.2, 0.25) is 11.6 Å². The minimum absolute atomic E-state index is 0.0387. The molecule has 4 rings (SSSR count). The quantitative estimate of drug-likeness (QED) is 0.470. The number of aliphatic hydroxyl groups excluding tert-OH is 2. The van der Waals surface area contributed by atoms with Gasteiger partial charge in [-0.3, -0.25) is 14.4 Å². The van der Waals surface area contributed by atoms with Gasteiger partial charge in [-0.1, -0.05) is 33.8 Å². The number of esters is 1. The van der Waals surface area contributed by atoms with Gasteiger partial charge in [0.1, 0.15) is 6.61 Å². The van der Waals surface area contributed by atoms with Crippen LogP contribution in [0.1, 0.15) is 59.8 Å². The summed E-state index contributed by atoms with van der Waals surface area (Å²) in [7, 11) is 0. The van der Waals surface area contributed by atoms with Crippen molar-refractivity contribution < 1.29 is 33.7 Å². The summed E-state index contributed by atoms with van der Waals surface area (Å²) < 4.78 is 20.8. The molecule has 0 radical (unpaired) electrons. The molecule has 2 N–H and O–H groups in total. The number of allylic oxidation sites excluding steroid dienone is 4. The fourth-order valence-electron chi connectivity index (χ4n) is 7.85. The monoisotopic (exact) mass is 482 g/mol. The van der Waals surface area contributed by atoms with Crippen LogP contribution in [0.2, 0.25) is 0 Å². The molecule has 0 bridgehead atoms. The smallest absolute Gasteiger partial charge is 0.306 e. The van der Waals surface area contributed by atoms with E-state index in [1.807, 2.05) is 13.8 Å². The van der Waals surface area contributed by atoms with Crippen molar-refractivity contribution in [2.75, 3.05) is 6.61 Å². The van der Waals surface area contributed by atoms with E-state index in [-0.39, 0.29) is 24.7 Å². The van der Waals surface area contributed by atoms with Gasteiger partial charge in [0.15, 0.2) is 11.4 Å². The maximum absolute atomic E-state index is 14.9. The minimum atomic E-state index is -1.58. The number of rotatable bonds is 4. The fourth-order valence-corrected chi connectivity index (χ4v) is 8.36. The van der Waals surface area contributed by atoms with E-state index in [0.717, 1.165) is 0 Å². The van der Waals surface area contributed by atoms with Crippen molar-refractivity contribution in [2.24, 2.45) is 28.6 Å². The molecule has 33 heavy (non-hydrogen) atoms. The molecule has 8 heteroatoms. The fraction of sp³-hybridized carbons (Fsp3) is 0.720. The van der Waals surface area contributed by atoms with Crippen molar-refractivity contribution in [3.05, 3.63) is 23.6 Å². The third-order valence-electron chi connectivity index (χ3n) is 9.39. The van der Waals surface area contributed by atoms with Gasteiger partial charge in [-0.05, 0) is 49.2 Å². The molecule has 0 unspecified atom stereocenters. The molecular weight excluding hydrogens is 451 g/mol. The van der Waals surface area contributed by atoms with Crippen LogP contribution in [-0.4, -0.2) is 50.9 Å². The molecule has 3 fully saturated rings. The summed E-state index contributed by atoms with van der Waals surface area (Å²) in [4.78, 5) is 36.4. The molecule has 0 amide bonds. The molecule has 3 saturated carbocycles. The Kier molecular flexibility index (Phi) is 5.74. The van der Waals surface area contributed by atoms with Gasteiger partial charge in [0, 0.05) is 23.2 Å². The highest BCUT2D eigenvalue weighted by molar-refractivity contribution is 6.26. The largest absolute Gasteiger partial charge is 0.450 e. The average molecular weight is 483 g/mol. The topological polar surface area (TPSA) is 101 Å². The van der Waals surface area contributed by atoms with Crippen LogP contribution in [-0.2, 0) is 19.1 Å². The first-order valence-electron chi connectivity index (χ1n) is 11.7. The van der Waals surface area contributed by atoms with Crippen LogP contribution >= 0.6 is 11.6 Å². The van der Waals surface area contributed by atoms with E-state index in [2.05, 4.69) is 0 Å².